The SMILES string of the molecule is COCCNc1c2c([nH+]c3ccccc13)CCC2. The lowest BCUT2D eigenvalue weighted by atomic mass is 10.1. The first kappa shape index (κ1) is 11.5. The number of benzene rings is 1. The molecule has 0 aliphatic heterocycles. The summed E-state index contributed by atoms with van der Waals surface area (Å²) in [6.07, 6.45) is 3.59. The van der Waals surface area contributed by atoms with E-state index in [1.54, 1.807) is 7.11 Å². The topological polar surface area (TPSA) is 35.4 Å². The van der Waals surface area contributed by atoms with Crippen LogP contribution >= 0.6 is 0 Å². The summed E-state index contributed by atoms with van der Waals surface area (Å²) in [5, 5.41) is 4.83. The number of aromatic nitrogens is 1. The fourth-order valence-corrected chi connectivity index (χ4v) is 2.77. The van der Waals surface area contributed by atoms with Gasteiger partial charge in [-0.25, -0.2) is 4.98 Å². The number of H-pyrrole nitrogens is 1. The highest BCUT2D eigenvalue weighted by Crippen LogP contribution is 2.31. The van der Waals surface area contributed by atoms with Crippen molar-refractivity contribution in [2.24, 2.45) is 0 Å². The van der Waals surface area contributed by atoms with Crippen molar-refractivity contribution < 1.29 is 9.72 Å². The molecule has 1 aromatic carbocycles. The van der Waals surface area contributed by atoms with Gasteiger partial charge in [0.2, 0.25) is 5.52 Å². The number of ether oxygens (including phenoxy) is 1. The summed E-state index contributed by atoms with van der Waals surface area (Å²) >= 11 is 0. The number of rotatable bonds is 4. The van der Waals surface area contributed by atoms with E-state index in [1.165, 1.54) is 47.1 Å². The number of nitrogens with one attached hydrogen (secondary N) is 2. The summed E-state index contributed by atoms with van der Waals surface area (Å²) in [5.41, 5.74) is 5.38. The van der Waals surface area contributed by atoms with Gasteiger partial charge < -0.3 is 10.1 Å². The second kappa shape index (κ2) is 4.94. The maximum atomic E-state index is 5.12. The van der Waals surface area contributed by atoms with Crippen LogP contribution in [0.1, 0.15) is 17.7 Å². The van der Waals surface area contributed by atoms with Crippen molar-refractivity contribution in [1.82, 2.24) is 0 Å². The molecule has 0 atom stereocenters. The number of para-hydroxylation sites is 1. The van der Waals surface area contributed by atoms with Crippen LogP contribution in [0.2, 0.25) is 0 Å². The molecule has 0 radical (unpaired) electrons. The fourth-order valence-electron chi connectivity index (χ4n) is 2.77. The molecule has 0 saturated carbocycles. The highest BCUT2D eigenvalue weighted by atomic mass is 16.5. The van der Waals surface area contributed by atoms with Crippen LogP contribution < -0.4 is 10.3 Å². The van der Waals surface area contributed by atoms with Crippen molar-refractivity contribution in [2.45, 2.75) is 19.3 Å². The molecule has 0 unspecified atom stereocenters. The molecule has 0 amide bonds. The van der Waals surface area contributed by atoms with E-state index in [0.717, 1.165) is 13.2 Å². The van der Waals surface area contributed by atoms with Crippen LogP contribution in [0.4, 0.5) is 5.69 Å². The van der Waals surface area contributed by atoms with Crippen molar-refractivity contribution in [3.05, 3.63) is 35.5 Å². The molecule has 2 aromatic rings. The molecule has 0 saturated heterocycles. The number of pyridine rings is 1. The van der Waals surface area contributed by atoms with Gasteiger partial charge in [0, 0.05) is 31.7 Å². The van der Waals surface area contributed by atoms with Crippen LogP contribution in [-0.4, -0.2) is 20.3 Å². The molecule has 3 rings (SSSR count). The Kier molecular flexibility index (Phi) is 3.15. The third-order valence-corrected chi connectivity index (χ3v) is 3.61. The predicted octanol–water partition coefficient (Wildman–Crippen LogP) is 2.20. The molecule has 1 aliphatic rings. The number of hydrogen-bond acceptors (Lipinski definition) is 2. The van der Waals surface area contributed by atoms with Gasteiger partial charge >= 0.3 is 0 Å². The maximum absolute atomic E-state index is 5.12. The van der Waals surface area contributed by atoms with E-state index in [1.807, 2.05) is 0 Å². The summed E-state index contributed by atoms with van der Waals surface area (Å²) in [6.45, 7) is 1.60. The number of anilines is 1. The fraction of sp³-hybridized carbons (Fsp3) is 0.400. The van der Waals surface area contributed by atoms with E-state index in [9.17, 15) is 0 Å². The van der Waals surface area contributed by atoms with Crippen LogP contribution in [0.3, 0.4) is 0 Å². The Balaban J connectivity index is 2.07. The Bertz CT molecular complexity index is 566. The van der Waals surface area contributed by atoms with Gasteiger partial charge in [-0.3, -0.25) is 0 Å². The van der Waals surface area contributed by atoms with Crippen molar-refractivity contribution in [3.63, 3.8) is 0 Å². The van der Waals surface area contributed by atoms with Gasteiger partial charge in [0.05, 0.1) is 17.7 Å². The molecular formula is C15H19N2O+. The van der Waals surface area contributed by atoms with Crippen molar-refractivity contribution >= 4 is 16.6 Å². The molecule has 1 aromatic heterocycles. The first-order valence-electron chi connectivity index (χ1n) is 6.58. The van der Waals surface area contributed by atoms with E-state index < -0.39 is 0 Å². The Morgan fingerprint density at radius 1 is 1.28 bits per heavy atom. The third kappa shape index (κ3) is 1.95. The van der Waals surface area contributed by atoms with E-state index in [4.69, 9.17) is 4.74 Å². The zero-order valence-electron chi connectivity index (χ0n) is 10.8. The van der Waals surface area contributed by atoms with Gasteiger partial charge in [-0.05, 0) is 18.9 Å². The highest BCUT2D eigenvalue weighted by molar-refractivity contribution is 5.91. The molecule has 0 spiro atoms. The molecule has 2 N–H and O–H groups in total. The largest absolute Gasteiger partial charge is 0.383 e. The van der Waals surface area contributed by atoms with Gasteiger partial charge in [0.1, 0.15) is 0 Å². The Labute approximate surface area is 107 Å². The molecule has 1 aliphatic carbocycles. The van der Waals surface area contributed by atoms with Crippen LogP contribution in [0, 0.1) is 0 Å². The minimum Gasteiger partial charge on any atom is -0.383 e. The molecule has 94 valence electrons. The van der Waals surface area contributed by atoms with Gasteiger partial charge in [-0.1, -0.05) is 12.1 Å². The van der Waals surface area contributed by atoms with Gasteiger partial charge in [0.15, 0.2) is 5.69 Å². The zero-order valence-corrected chi connectivity index (χ0v) is 10.8. The first-order chi connectivity index (χ1) is 8.90. The lowest BCUT2D eigenvalue weighted by Crippen LogP contribution is -2.16. The Hall–Kier alpha value is -1.61. The van der Waals surface area contributed by atoms with Crippen molar-refractivity contribution in [1.29, 1.82) is 0 Å². The van der Waals surface area contributed by atoms with E-state index in [-0.39, 0.29) is 0 Å². The second-order valence-electron chi connectivity index (χ2n) is 4.78. The third-order valence-electron chi connectivity index (χ3n) is 3.61. The first-order valence-corrected chi connectivity index (χ1v) is 6.58. The second-order valence-corrected chi connectivity index (χ2v) is 4.78. The monoisotopic (exact) mass is 243 g/mol. The van der Waals surface area contributed by atoms with Gasteiger partial charge in [0.25, 0.3) is 0 Å². The smallest absolute Gasteiger partial charge is 0.213 e. The van der Waals surface area contributed by atoms with Crippen molar-refractivity contribution in [2.75, 3.05) is 25.6 Å². The molecule has 3 heteroatoms. The van der Waals surface area contributed by atoms with Crippen molar-refractivity contribution in [3.8, 4) is 0 Å². The molecule has 0 fully saturated rings. The summed E-state index contributed by atoms with van der Waals surface area (Å²) in [5.74, 6) is 0. The lowest BCUT2D eigenvalue weighted by Gasteiger charge is -2.11. The van der Waals surface area contributed by atoms with E-state index >= 15 is 0 Å². The predicted molar refractivity (Wildman–Crippen MR) is 72.9 cm³/mol. The van der Waals surface area contributed by atoms with Crippen LogP contribution in [0.15, 0.2) is 24.3 Å². The Morgan fingerprint density at radius 3 is 3.06 bits per heavy atom. The molecule has 1 heterocycles. The van der Waals surface area contributed by atoms with Gasteiger partial charge in [-0.15, -0.1) is 0 Å². The summed E-state index contributed by atoms with van der Waals surface area (Å²) in [6, 6.07) is 8.51. The molecule has 0 bridgehead atoms. The number of fused-ring (bicyclic) bond motifs is 2. The van der Waals surface area contributed by atoms with Crippen LogP contribution in [0.25, 0.3) is 10.9 Å². The van der Waals surface area contributed by atoms with Crippen LogP contribution in [0.5, 0.6) is 0 Å². The average molecular weight is 243 g/mol. The zero-order chi connectivity index (χ0) is 12.4. The normalized spacial score (nSPS) is 13.8. The van der Waals surface area contributed by atoms with Crippen LogP contribution in [-0.2, 0) is 17.6 Å². The quantitative estimate of drug-likeness (QED) is 0.836. The summed E-state index contributed by atoms with van der Waals surface area (Å²) in [4.78, 5) is 3.57. The van der Waals surface area contributed by atoms with E-state index in [0.29, 0.717) is 0 Å². The minimum atomic E-state index is 0.738. The summed E-state index contributed by atoms with van der Waals surface area (Å²) < 4.78 is 5.12. The van der Waals surface area contributed by atoms with Gasteiger partial charge in [-0.2, -0.15) is 0 Å². The van der Waals surface area contributed by atoms with E-state index in [2.05, 4.69) is 34.6 Å². The lowest BCUT2D eigenvalue weighted by molar-refractivity contribution is -0.356. The maximum Gasteiger partial charge on any atom is 0.213 e. The number of aryl methyl sites for hydroxylation is 1. The number of hydrogen-bond donors (Lipinski definition) is 1. The molecule has 18 heavy (non-hydrogen) atoms. The molecule has 3 nitrogen and oxygen atoms in total. The number of aromatic amines is 1. The summed E-state index contributed by atoms with van der Waals surface area (Å²) in [7, 11) is 1.74. The Morgan fingerprint density at radius 2 is 2.17 bits per heavy atom. The standard InChI is InChI=1S/C15H18N2O/c1-18-10-9-16-15-11-5-2-3-7-13(11)17-14-8-4-6-12(14)15/h2-3,5,7H,4,6,8-10H2,1H3,(H,16,17)/p+1. The highest BCUT2D eigenvalue weighted by Gasteiger charge is 2.23. The average Bonchev–Trinajstić information content (AvgIpc) is 2.86. The minimum absolute atomic E-state index is 0.738. The number of methoxy groups -OCH3 is 1. The molecular weight excluding hydrogens is 224 g/mol.